The van der Waals surface area contributed by atoms with Crippen molar-refractivity contribution in [2.24, 2.45) is 0 Å². The highest BCUT2D eigenvalue weighted by molar-refractivity contribution is 7.89. The van der Waals surface area contributed by atoms with Crippen LogP contribution in [0.25, 0.3) is 0 Å². The largest absolute Gasteiger partial charge is 0.481 e. The third kappa shape index (κ3) is 4.23. The number of ether oxygens (including phenoxy) is 1. The molecule has 0 spiro atoms. The molecule has 1 fully saturated rings. The van der Waals surface area contributed by atoms with Gasteiger partial charge >= 0.3 is 5.97 Å². The first-order chi connectivity index (χ1) is 7.97. The van der Waals surface area contributed by atoms with Crippen LogP contribution in [0.1, 0.15) is 12.8 Å². The highest BCUT2D eigenvalue weighted by atomic mass is 32.2. The molecular weight excluding hydrogens is 250 g/mol. The van der Waals surface area contributed by atoms with Crippen LogP contribution in [0.5, 0.6) is 0 Å². The van der Waals surface area contributed by atoms with E-state index in [1.807, 2.05) is 0 Å². The zero-order valence-corrected chi connectivity index (χ0v) is 10.2. The molecule has 0 aliphatic carbocycles. The third-order valence-electron chi connectivity index (χ3n) is 2.53. The maximum atomic E-state index is 11.9. The van der Waals surface area contributed by atoms with E-state index in [-0.39, 0.29) is 38.4 Å². The molecule has 0 aromatic carbocycles. The van der Waals surface area contributed by atoms with E-state index >= 15 is 0 Å². The number of aliphatic hydroxyl groups excluding tert-OH is 1. The summed E-state index contributed by atoms with van der Waals surface area (Å²) in [5.41, 5.74) is 0. The second kappa shape index (κ2) is 6.29. The lowest BCUT2D eigenvalue weighted by atomic mass is 10.3. The van der Waals surface area contributed by atoms with Crippen molar-refractivity contribution in [3.05, 3.63) is 0 Å². The standard InChI is InChI=1S/C9H17NO6S/c11-6-8-7-16-4-3-10(8)17(14,15)5-1-2-9(12)13/h8,11H,1-7H2,(H,12,13). The second-order valence-electron chi connectivity index (χ2n) is 3.84. The molecule has 0 aromatic rings. The Labute approximate surface area is 100 Å². The molecule has 0 bridgehead atoms. The first-order valence-electron chi connectivity index (χ1n) is 5.37. The Morgan fingerprint density at radius 2 is 2.18 bits per heavy atom. The Balaban J connectivity index is 2.58. The van der Waals surface area contributed by atoms with Crippen LogP contribution in [0, 0.1) is 0 Å². The smallest absolute Gasteiger partial charge is 0.303 e. The van der Waals surface area contributed by atoms with Gasteiger partial charge < -0.3 is 14.9 Å². The molecule has 1 aliphatic rings. The molecule has 0 saturated carbocycles. The molecule has 1 aliphatic heterocycles. The van der Waals surface area contributed by atoms with Crippen LogP contribution in [0.4, 0.5) is 0 Å². The molecule has 7 nitrogen and oxygen atoms in total. The predicted octanol–water partition coefficient (Wildman–Crippen LogP) is -1.13. The average Bonchev–Trinajstić information content (AvgIpc) is 2.28. The zero-order valence-electron chi connectivity index (χ0n) is 9.41. The van der Waals surface area contributed by atoms with Gasteiger partial charge in [0.2, 0.25) is 10.0 Å². The summed E-state index contributed by atoms with van der Waals surface area (Å²) in [4.78, 5) is 10.3. The van der Waals surface area contributed by atoms with Crippen molar-refractivity contribution in [1.29, 1.82) is 0 Å². The Bertz CT molecular complexity index is 354. The fourth-order valence-corrected chi connectivity index (χ4v) is 3.35. The van der Waals surface area contributed by atoms with Gasteiger partial charge in [-0.05, 0) is 6.42 Å². The Morgan fingerprint density at radius 1 is 1.47 bits per heavy atom. The van der Waals surface area contributed by atoms with Crippen LogP contribution in [0.2, 0.25) is 0 Å². The van der Waals surface area contributed by atoms with Crippen molar-refractivity contribution in [2.45, 2.75) is 18.9 Å². The number of aliphatic carboxylic acids is 1. The lowest BCUT2D eigenvalue weighted by Gasteiger charge is -2.33. The van der Waals surface area contributed by atoms with E-state index < -0.39 is 22.0 Å². The van der Waals surface area contributed by atoms with Gasteiger partial charge in [-0.25, -0.2) is 8.42 Å². The van der Waals surface area contributed by atoms with Gasteiger partial charge in [0.15, 0.2) is 0 Å². The first-order valence-corrected chi connectivity index (χ1v) is 6.98. The predicted molar refractivity (Wildman–Crippen MR) is 59.1 cm³/mol. The van der Waals surface area contributed by atoms with E-state index in [2.05, 4.69) is 0 Å². The summed E-state index contributed by atoms with van der Waals surface area (Å²) in [6, 6.07) is -0.557. The number of aliphatic hydroxyl groups is 1. The van der Waals surface area contributed by atoms with Gasteiger partial charge in [-0.1, -0.05) is 0 Å². The summed E-state index contributed by atoms with van der Waals surface area (Å²) in [5.74, 6) is -1.23. The molecule has 1 atom stereocenters. The Hall–Kier alpha value is -0.700. The molecule has 0 amide bonds. The van der Waals surface area contributed by atoms with Crippen molar-refractivity contribution in [3.8, 4) is 0 Å². The maximum absolute atomic E-state index is 11.9. The topological polar surface area (TPSA) is 104 Å². The number of carboxylic acid groups (broad SMARTS) is 1. The molecule has 0 aromatic heterocycles. The van der Waals surface area contributed by atoms with Gasteiger partial charge in [0.1, 0.15) is 0 Å². The number of hydrogen-bond donors (Lipinski definition) is 2. The van der Waals surface area contributed by atoms with Gasteiger partial charge in [-0.2, -0.15) is 4.31 Å². The number of morpholine rings is 1. The lowest BCUT2D eigenvalue weighted by molar-refractivity contribution is -0.137. The highest BCUT2D eigenvalue weighted by Crippen LogP contribution is 2.13. The Morgan fingerprint density at radius 3 is 2.76 bits per heavy atom. The van der Waals surface area contributed by atoms with Gasteiger partial charge in [-0.15, -0.1) is 0 Å². The minimum absolute atomic E-state index is 0.0766. The maximum Gasteiger partial charge on any atom is 0.303 e. The number of nitrogens with zero attached hydrogens (tertiary/aromatic N) is 1. The highest BCUT2D eigenvalue weighted by Gasteiger charge is 2.31. The van der Waals surface area contributed by atoms with Crippen LogP contribution >= 0.6 is 0 Å². The van der Waals surface area contributed by atoms with Crippen molar-refractivity contribution in [2.75, 3.05) is 32.1 Å². The summed E-state index contributed by atoms with van der Waals surface area (Å²) < 4.78 is 30.1. The second-order valence-corrected chi connectivity index (χ2v) is 5.88. The summed E-state index contributed by atoms with van der Waals surface area (Å²) in [6.45, 7) is 0.391. The van der Waals surface area contributed by atoms with Gasteiger partial charge in [0, 0.05) is 13.0 Å². The summed E-state index contributed by atoms with van der Waals surface area (Å²) in [5, 5.41) is 17.5. The van der Waals surface area contributed by atoms with Crippen LogP contribution < -0.4 is 0 Å². The summed E-state index contributed by atoms with van der Waals surface area (Å²) >= 11 is 0. The molecule has 17 heavy (non-hydrogen) atoms. The monoisotopic (exact) mass is 267 g/mol. The number of hydrogen-bond acceptors (Lipinski definition) is 5. The van der Waals surface area contributed by atoms with Crippen molar-refractivity contribution < 1.29 is 28.2 Å². The normalized spacial score (nSPS) is 22.5. The molecule has 2 N–H and O–H groups in total. The van der Waals surface area contributed by atoms with E-state index in [0.29, 0.717) is 6.61 Å². The SMILES string of the molecule is O=C(O)CCCS(=O)(=O)N1CCOCC1CO. The average molecular weight is 267 g/mol. The minimum atomic E-state index is -3.51. The number of rotatable bonds is 6. The van der Waals surface area contributed by atoms with Gasteiger partial charge in [0.25, 0.3) is 0 Å². The zero-order chi connectivity index (χ0) is 12.9. The van der Waals surface area contributed by atoms with Crippen molar-refractivity contribution in [1.82, 2.24) is 4.31 Å². The summed E-state index contributed by atoms with van der Waals surface area (Å²) in [6.07, 6.45) is -0.0967. The van der Waals surface area contributed by atoms with Gasteiger partial charge in [-0.3, -0.25) is 4.79 Å². The van der Waals surface area contributed by atoms with E-state index in [4.69, 9.17) is 14.9 Å². The number of carboxylic acids is 1. The van der Waals surface area contributed by atoms with Crippen molar-refractivity contribution >= 4 is 16.0 Å². The van der Waals surface area contributed by atoms with Crippen LogP contribution in [-0.4, -0.2) is 67.1 Å². The molecule has 1 rings (SSSR count). The quantitative estimate of drug-likeness (QED) is 0.631. The Kier molecular flexibility index (Phi) is 5.31. The fraction of sp³-hybridized carbons (Fsp3) is 0.889. The number of carbonyl (C=O) groups is 1. The van der Waals surface area contributed by atoms with E-state index in [1.165, 1.54) is 4.31 Å². The van der Waals surface area contributed by atoms with Crippen LogP contribution in [-0.2, 0) is 19.6 Å². The minimum Gasteiger partial charge on any atom is -0.481 e. The number of sulfonamides is 1. The fourth-order valence-electron chi connectivity index (χ4n) is 1.67. The molecule has 0 radical (unpaired) electrons. The van der Waals surface area contributed by atoms with Crippen LogP contribution in [0.15, 0.2) is 0 Å². The molecule has 1 unspecified atom stereocenters. The van der Waals surface area contributed by atoms with E-state index in [9.17, 15) is 13.2 Å². The lowest BCUT2D eigenvalue weighted by Crippen LogP contribution is -2.51. The van der Waals surface area contributed by atoms with Crippen molar-refractivity contribution in [3.63, 3.8) is 0 Å². The van der Waals surface area contributed by atoms with E-state index in [1.54, 1.807) is 0 Å². The molecule has 1 heterocycles. The van der Waals surface area contributed by atoms with E-state index in [0.717, 1.165) is 0 Å². The van der Waals surface area contributed by atoms with Crippen LogP contribution in [0.3, 0.4) is 0 Å². The van der Waals surface area contributed by atoms with Gasteiger partial charge in [0.05, 0.1) is 31.6 Å². The molecule has 8 heteroatoms. The summed E-state index contributed by atoms with van der Waals surface area (Å²) in [7, 11) is -3.51. The molecule has 1 saturated heterocycles. The molecule has 100 valence electrons. The third-order valence-corrected chi connectivity index (χ3v) is 4.53. The molecular formula is C9H17NO6S. The first kappa shape index (κ1) is 14.4.